The van der Waals surface area contributed by atoms with Crippen molar-refractivity contribution in [2.45, 2.75) is 20.3 Å². The molecule has 26 heavy (non-hydrogen) atoms. The Balaban J connectivity index is 1.98. The van der Waals surface area contributed by atoms with Gasteiger partial charge in [-0.25, -0.2) is 4.98 Å². The molecule has 0 aliphatic carbocycles. The monoisotopic (exact) mass is 377 g/mol. The molecule has 1 heterocycles. The van der Waals surface area contributed by atoms with Crippen molar-refractivity contribution in [2.24, 2.45) is 5.92 Å². The van der Waals surface area contributed by atoms with Crippen molar-refractivity contribution >= 4 is 28.3 Å². The van der Waals surface area contributed by atoms with E-state index in [0.29, 0.717) is 40.4 Å². The van der Waals surface area contributed by atoms with Crippen LogP contribution in [0.5, 0.6) is 11.5 Å². The van der Waals surface area contributed by atoms with Crippen LogP contribution in [0.1, 0.15) is 29.9 Å². The summed E-state index contributed by atoms with van der Waals surface area (Å²) in [5.41, 5.74) is 1.05. The first-order valence-electron chi connectivity index (χ1n) is 8.17. The molecule has 140 valence electrons. The lowest BCUT2D eigenvalue weighted by Gasteiger charge is -2.09. The van der Waals surface area contributed by atoms with Gasteiger partial charge in [0, 0.05) is 17.5 Å². The predicted octanol–water partition coefficient (Wildman–Crippen LogP) is 2.73. The summed E-state index contributed by atoms with van der Waals surface area (Å²) < 4.78 is 10.4. The first kappa shape index (κ1) is 19.7. The second-order valence-electron chi connectivity index (χ2n) is 6.04. The van der Waals surface area contributed by atoms with Crippen LogP contribution < -0.4 is 20.1 Å². The average Bonchev–Trinajstić information content (AvgIpc) is 3.05. The number of methoxy groups -OCH3 is 2. The third-order valence-electron chi connectivity index (χ3n) is 3.47. The number of nitrogens with zero attached hydrogens (tertiary/aromatic N) is 1. The number of carbonyl (C=O) groups is 2. The van der Waals surface area contributed by atoms with E-state index in [-0.39, 0.29) is 18.2 Å². The maximum Gasteiger partial charge on any atom is 0.257 e. The van der Waals surface area contributed by atoms with Crippen LogP contribution in [-0.2, 0) is 11.2 Å². The molecule has 1 aromatic carbocycles. The molecule has 7 nitrogen and oxygen atoms in total. The molecule has 0 radical (unpaired) electrons. The number of ether oxygens (including phenoxy) is 2. The predicted molar refractivity (Wildman–Crippen MR) is 101 cm³/mol. The van der Waals surface area contributed by atoms with Crippen LogP contribution >= 0.6 is 11.3 Å². The molecule has 1 aromatic heterocycles. The molecule has 2 N–H and O–H groups in total. The van der Waals surface area contributed by atoms with Gasteiger partial charge in [0.05, 0.1) is 26.3 Å². The summed E-state index contributed by atoms with van der Waals surface area (Å²) >= 11 is 1.28. The summed E-state index contributed by atoms with van der Waals surface area (Å²) in [6.45, 7) is 4.70. The molecule has 0 unspecified atom stereocenters. The maximum absolute atomic E-state index is 12.4. The second kappa shape index (κ2) is 9.19. The quantitative estimate of drug-likeness (QED) is 0.738. The van der Waals surface area contributed by atoms with E-state index in [1.54, 1.807) is 23.6 Å². The standard InChI is InChI=1S/C18H23N3O4S/c1-11(2)9-19-16(22)8-13-10-26-18(20-13)21-17(23)12-5-6-14(24-3)15(7-12)25-4/h5-7,10-11H,8-9H2,1-4H3,(H,19,22)(H,20,21,23). The van der Waals surface area contributed by atoms with E-state index in [1.165, 1.54) is 25.6 Å². The van der Waals surface area contributed by atoms with Crippen LogP contribution in [0.3, 0.4) is 0 Å². The molecule has 2 aromatic rings. The van der Waals surface area contributed by atoms with Gasteiger partial charge in [0.25, 0.3) is 5.91 Å². The van der Waals surface area contributed by atoms with Crippen LogP contribution in [0.2, 0.25) is 0 Å². The van der Waals surface area contributed by atoms with E-state index in [1.807, 2.05) is 13.8 Å². The zero-order chi connectivity index (χ0) is 19.1. The Hall–Kier alpha value is -2.61. The number of thiazole rings is 1. The molecule has 8 heteroatoms. The number of amides is 2. The zero-order valence-electron chi connectivity index (χ0n) is 15.3. The van der Waals surface area contributed by atoms with Crippen LogP contribution in [0.15, 0.2) is 23.6 Å². The van der Waals surface area contributed by atoms with Crippen molar-refractivity contribution in [3.05, 3.63) is 34.8 Å². The molecule has 0 atom stereocenters. The van der Waals surface area contributed by atoms with Gasteiger partial charge in [-0.1, -0.05) is 13.8 Å². The van der Waals surface area contributed by atoms with Gasteiger partial charge in [0.1, 0.15) is 0 Å². The SMILES string of the molecule is COc1ccc(C(=O)Nc2nc(CC(=O)NCC(C)C)cs2)cc1OC. The summed E-state index contributed by atoms with van der Waals surface area (Å²) in [5, 5.41) is 7.78. The second-order valence-corrected chi connectivity index (χ2v) is 6.90. The Kier molecular flexibility index (Phi) is 6.97. The average molecular weight is 377 g/mol. The van der Waals surface area contributed by atoms with E-state index in [0.717, 1.165) is 0 Å². The van der Waals surface area contributed by atoms with Gasteiger partial charge in [0.2, 0.25) is 5.91 Å². The smallest absolute Gasteiger partial charge is 0.257 e. The fourth-order valence-electron chi connectivity index (χ4n) is 2.14. The van der Waals surface area contributed by atoms with Gasteiger partial charge in [0.15, 0.2) is 16.6 Å². The highest BCUT2D eigenvalue weighted by molar-refractivity contribution is 7.14. The minimum atomic E-state index is -0.309. The summed E-state index contributed by atoms with van der Waals surface area (Å²) in [5.74, 6) is 1.03. The molecule has 0 saturated carbocycles. The van der Waals surface area contributed by atoms with E-state index in [9.17, 15) is 9.59 Å². The third-order valence-corrected chi connectivity index (χ3v) is 4.27. The van der Waals surface area contributed by atoms with Crippen molar-refractivity contribution in [3.63, 3.8) is 0 Å². The van der Waals surface area contributed by atoms with Crippen LogP contribution in [0.25, 0.3) is 0 Å². The minimum Gasteiger partial charge on any atom is -0.493 e. The Labute approximate surface area is 156 Å². The van der Waals surface area contributed by atoms with Gasteiger partial charge < -0.3 is 14.8 Å². The number of rotatable bonds is 8. The van der Waals surface area contributed by atoms with E-state index < -0.39 is 0 Å². The summed E-state index contributed by atoms with van der Waals surface area (Å²) in [6, 6.07) is 4.91. The summed E-state index contributed by atoms with van der Waals surface area (Å²) in [4.78, 5) is 28.5. The van der Waals surface area contributed by atoms with Gasteiger partial charge in [-0.3, -0.25) is 14.9 Å². The molecular weight excluding hydrogens is 354 g/mol. The maximum atomic E-state index is 12.4. The minimum absolute atomic E-state index is 0.0817. The van der Waals surface area contributed by atoms with Gasteiger partial charge in [-0.15, -0.1) is 11.3 Å². The lowest BCUT2D eigenvalue weighted by molar-refractivity contribution is -0.120. The van der Waals surface area contributed by atoms with Crippen LogP contribution in [0, 0.1) is 5.92 Å². The van der Waals surface area contributed by atoms with Crippen molar-refractivity contribution in [3.8, 4) is 11.5 Å². The number of carbonyl (C=O) groups excluding carboxylic acids is 2. The highest BCUT2D eigenvalue weighted by Gasteiger charge is 2.14. The molecule has 0 fully saturated rings. The Morgan fingerprint density at radius 3 is 2.58 bits per heavy atom. The normalized spacial score (nSPS) is 10.5. The molecular formula is C18H23N3O4S. The first-order valence-corrected chi connectivity index (χ1v) is 9.05. The molecule has 0 spiro atoms. The van der Waals surface area contributed by atoms with Gasteiger partial charge >= 0.3 is 0 Å². The Morgan fingerprint density at radius 1 is 1.19 bits per heavy atom. The van der Waals surface area contributed by atoms with Crippen molar-refractivity contribution in [1.29, 1.82) is 0 Å². The van der Waals surface area contributed by atoms with Crippen LogP contribution in [0.4, 0.5) is 5.13 Å². The molecule has 0 aliphatic heterocycles. The Morgan fingerprint density at radius 2 is 1.92 bits per heavy atom. The molecule has 2 amide bonds. The number of aromatic nitrogens is 1. The number of anilines is 1. The topological polar surface area (TPSA) is 89.5 Å². The molecule has 0 bridgehead atoms. The fourth-order valence-corrected chi connectivity index (χ4v) is 2.84. The highest BCUT2D eigenvalue weighted by Crippen LogP contribution is 2.28. The van der Waals surface area contributed by atoms with Crippen molar-refractivity contribution < 1.29 is 19.1 Å². The molecule has 2 rings (SSSR count). The number of benzene rings is 1. The molecule has 0 saturated heterocycles. The van der Waals surface area contributed by atoms with Crippen LogP contribution in [-0.4, -0.2) is 37.6 Å². The summed E-state index contributed by atoms with van der Waals surface area (Å²) in [6.07, 6.45) is 0.190. The lowest BCUT2D eigenvalue weighted by Crippen LogP contribution is -2.28. The van der Waals surface area contributed by atoms with E-state index in [2.05, 4.69) is 15.6 Å². The van der Waals surface area contributed by atoms with Gasteiger partial charge in [-0.2, -0.15) is 0 Å². The van der Waals surface area contributed by atoms with E-state index >= 15 is 0 Å². The highest BCUT2D eigenvalue weighted by atomic mass is 32.1. The number of hydrogen-bond donors (Lipinski definition) is 2. The largest absolute Gasteiger partial charge is 0.493 e. The number of hydrogen-bond acceptors (Lipinski definition) is 6. The first-order chi connectivity index (χ1) is 12.4. The lowest BCUT2D eigenvalue weighted by atomic mass is 10.2. The zero-order valence-corrected chi connectivity index (χ0v) is 16.1. The molecule has 0 aliphatic rings. The van der Waals surface area contributed by atoms with Gasteiger partial charge in [-0.05, 0) is 24.1 Å². The van der Waals surface area contributed by atoms with E-state index in [4.69, 9.17) is 9.47 Å². The Bertz CT molecular complexity index is 774. The van der Waals surface area contributed by atoms with Crippen molar-refractivity contribution in [2.75, 3.05) is 26.1 Å². The summed E-state index contributed by atoms with van der Waals surface area (Å²) in [7, 11) is 3.04. The fraction of sp³-hybridized carbons (Fsp3) is 0.389. The number of nitrogens with one attached hydrogen (secondary N) is 2. The third kappa shape index (κ3) is 5.45. The van der Waals surface area contributed by atoms with Crippen molar-refractivity contribution in [1.82, 2.24) is 10.3 Å².